The number of unbranched alkanes of at least 4 members (excludes halogenated alkanes) is 6. The number of hydrogen-bond donors (Lipinski definition) is 0. The fourth-order valence-corrected chi connectivity index (χ4v) is 14.3. The van der Waals surface area contributed by atoms with Crippen LogP contribution < -0.4 is 19.3 Å². The molecule has 0 N–H and O–H groups in total. The third-order valence-electron chi connectivity index (χ3n) is 14.3. The summed E-state index contributed by atoms with van der Waals surface area (Å²) in [6, 6.07) is 65.9. The molecular weight excluding hydrogens is 1020 g/mol. The second-order valence-electron chi connectivity index (χ2n) is 19.7. The van der Waals surface area contributed by atoms with Gasteiger partial charge in [0.25, 0.3) is 6.47 Å². The number of ether oxygens (including phenoxy) is 3. The summed E-state index contributed by atoms with van der Waals surface area (Å²) in [6.07, 6.45) is 12.5. The normalized spacial score (nSPS) is 12.2. The lowest BCUT2D eigenvalue weighted by atomic mass is 10.0. The van der Waals surface area contributed by atoms with E-state index in [0.717, 1.165) is 127 Å². The van der Waals surface area contributed by atoms with E-state index in [9.17, 15) is 10.1 Å². The van der Waals surface area contributed by atoms with Gasteiger partial charge in [-0.3, -0.25) is 4.79 Å². The second kappa shape index (κ2) is 24.6. The highest BCUT2D eigenvalue weighted by molar-refractivity contribution is 7.28. The van der Waals surface area contributed by atoms with Crippen LogP contribution in [0.5, 0.6) is 11.5 Å². The van der Waals surface area contributed by atoms with Crippen LogP contribution in [0, 0.1) is 11.3 Å². The maximum absolute atomic E-state index is 11.3. The number of hydrogen-bond acceptors (Lipinski definition) is 10. The molecule has 0 fully saturated rings. The zero-order chi connectivity index (χ0) is 53.2. The minimum atomic E-state index is -0.0399. The fraction of sp³-hybridized carbons (Fsp3) is 0.206. The number of thiophene rings is 3. The van der Waals surface area contributed by atoms with Crippen molar-refractivity contribution in [2.24, 2.45) is 0 Å². The van der Waals surface area contributed by atoms with Crippen LogP contribution >= 0.6 is 34.0 Å². The summed E-state index contributed by atoms with van der Waals surface area (Å²) in [4.78, 5) is 22.5. The number of benzene rings is 7. The van der Waals surface area contributed by atoms with Gasteiger partial charge in [-0.15, -0.1) is 34.0 Å². The van der Waals surface area contributed by atoms with Gasteiger partial charge in [0.1, 0.15) is 19.3 Å². The van der Waals surface area contributed by atoms with Gasteiger partial charge in [-0.2, -0.15) is 5.26 Å². The summed E-state index contributed by atoms with van der Waals surface area (Å²) in [6.45, 7) is 5.71. The van der Waals surface area contributed by atoms with Gasteiger partial charge in [0.05, 0.1) is 14.6 Å². The molecule has 11 rings (SSSR count). The summed E-state index contributed by atoms with van der Waals surface area (Å²) in [5.74, 6) is 1.51. The van der Waals surface area contributed by atoms with E-state index < -0.39 is 0 Å². The van der Waals surface area contributed by atoms with E-state index in [1.807, 2.05) is 17.4 Å². The molecule has 0 aliphatic carbocycles. The molecule has 10 aromatic rings. The van der Waals surface area contributed by atoms with Crippen molar-refractivity contribution >= 4 is 102 Å². The molecule has 1 aliphatic heterocycles. The number of nitriles is 1. The average Bonchev–Trinajstić information content (AvgIpc) is 4.23. The summed E-state index contributed by atoms with van der Waals surface area (Å²) in [5.41, 5.74) is 9.96. The summed E-state index contributed by atoms with van der Waals surface area (Å²) in [5, 5.41) is 14.6. The van der Waals surface area contributed by atoms with Crippen molar-refractivity contribution in [3.05, 3.63) is 198 Å². The van der Waals surface area contributed by atoms with Gasteiger partial charge in [-0.25, -0.2) is 0 Å². The predicted molar refractivity (Wildman–Crippen MR) is 328 cm³/mol. The molecule has 7 aromatic carbocycles. The lowest BCUT2D eigenvalue weighted by Gasteiger charge is -2.30. The van der Waals surface area contributed by atoms with Crippen LogP contribution in [0.4, 0.5) is 34.1 Å². The highest BCUT2D eigenvalue weighted by Crippen LogP contribution is 2.58. The van der Waals surface area contributed by atoms with Crippen molar-refractivity contribution in [2.75, 3.05) is 23.0 Å². The highest BCUT2D eigenvalue weighted by Gasteiger charge is 2.31. The number of aryl methyl sites for hydroxylation is 2. The molecule has 0 saturated carbocycles. The molecule has 0 spiro atoms. The first-order chi connectivity index (χ1) is 38.5. The molecule has 10 heteroatoms. The van der Waals surface area contributed by atoms with Gasteiger partial charge in [-0.1, -0.05) is 149 Å². The first kappa shape index (κ1) is 52.1. The quantitative estimate of drug-likeness (QED) is 0.0290. The molecule has 0 atom stereocenters. The minimum absolute atomic E-state index is 0.0399. The van der Waals surface area contributed by atoms with Gasteiger partial charge in [0.2, 0.25) is 5.76 Å². The van der Waals surface area contributed by atoms with Crippen molar-refractivity contribution in [3.8, 4) is 47.5 Å². The van der Waals surface area contributed by atoms with Crippen LogP contribution in [0.3, 0.4) is 0 Å². The molecule has 7 nitrogen and oxygen atoms in total. The topological polar surface area (TPSA) is 75.0 Å². The fourth-order valence-electron chi connectivity index (χ4n) is 10.6. The van der Waals surface area contributed by atoms with Gasteiger partial charge in [-0.05, 0) is 143 Å². The van der Waals surface area contributed by atoms with Crippen LogP contribution in [-0.2, 0) is 22.4 Å². The van der Waals surface area contributed by atoms with Crippen LogP contribution in [0.25, 0.3) is 57.6 Å². The molecule has 0 saturated heterocycles. The van der Waals surface area contributed by atoms with Crippen molar-refractivity contribution in [1.82, 2.24) is 0 Å². The van der Waals surface area contributed by atoms with E-state index >= 15 is 0 Å². The minimum Gasteiger partial charge on any atom is -0.485 e. The molecule has 0 unspecified atom stereocenters. The summed E-state index contributed by atoms with van der Waals surface area (Å²) in [7, 11) is 0. The second-order valence-corrected chi connectivity index (χ2v) is 22.8. The zero-order valence-corrected chi connectivity index (χ0v) is 46.5. The molecule has 4 heterocycles. The van der Waals surface area contributed by atoms with E-state index in [2.05, 4.69) is 200 Å². The van der Waals surface area contributed by atoms with Crippen LogP contribution in [0.15, 0.2) is 182 Å². The van der Waals surface area contributed by atoms with Crippen LogP contribution in [-0.4, -0.2) is 19.7 Å². The number of carbonyl (C=O) groups excluding carboxylic acids is 1. The molecule has 78 heavy (non-hydrogen) atoms. The maximum atomic E-state index is 11.3. The number of nitrogens with zero attached hydrogens (tertiary/aromatic N) is 3. The standard InChI is InChI=1S/C68H61N3O4S3/c1-3-5-7-11-25-51-41-61(44-60(45-69)75-46-72)76-66(51)68-64-63(73-35-36-74-64)67(78-68)62-42-52(26-12-8-6-4-2)65(77-62)53-39-58(70(54-27-13-9-14-28-54)56-33-31-47-21-17-19-23-49(47)37-56)43-59(40-53)71(55-29-15-10-16-30-55)57-34-32-48-22-18-20-24-50(48)38-57/h9-10,13-24,27-34,37-44,46H,3-8,11-12,25-26,35-36H2,1-2H3/b60-44+. The van der Waals surface area contributed by atoms with E-state index in [1.165, 1.54) is 50.4 Å². The zero-order valence-electron chi connectivity index (χ0n) is 44.1. The Balaban J connectivity index is 1.12. The Labute approximate surface area is 469 Å². The Morgan fingerprint density at radius 1 is 0.513 bits per heavy atom. The monoisotopic (exact) mass is 1080 g/mol. The Kier molecular flexibility index (Phi) is 16.4. The molecule has 0 amide bonds. The van der Waals surface area contributed by atoms with Gasteiger partial charge >= 0.3 is 0 Å². The number of rotatable bonds is 22. The Morgan fingerprint density at radius 2 is 1.04 bits per heavy atom. The lowest BCUT2D eigenvalue weighted by Crippen LogP contribution is -2.14. The molecular formula is C68H61N3O4S3. The Bertz CT molecular complexity index is 3630. The third-order valence-corrected chi connectivity index (χ3v) is 18.2. The van der Waals surface area contributed by atoms with E-state index in [0.29, 0.717) is 19.7 Å². The van der Waals surface area contributed by atoms with E-state index in [-0.39, 0.29) is 5.76 Å². The number of fused-ring (bicyclic) bond motifs is 3. The number of para-hydroxylation sites is 2. The maximum Gasteiger partial charge on any atom is 0.299 e. The van der Waals surface area contributed by atoms with Crippen molar-refractivity contribution < 1.29 is 19.0 Å². The molecule has 0 bridgehead atoms. The van der Waals surface area contributed by atoms with Crippen LogP contribution in [0.1, 0.15) is 81.2 Å². The van der Waals surface area contributed by atoms with Crippen LogP contribution in [0.2, 0.25) is 0 Å². The Morgan fingerprint density at radius 3 is 1.58 bits per heavy atom. The van der Waals surface area contributed by atoms with E-state index in [4.69, 9.17) is 14.2 Å². The molecule has 390 valence electrons. The SMILES string of the molecule is CCCCCCc1cc(-c2sc(-c3sc(/C=C(\C#N)OC=O)cc3CCCCCC)c3c2OCCO3)sc1-c1cc(N(c2ccccc2)c2ccc3ccccc3c2)cc(N(c2ccccc2)c2ccc3ccccc3c2)c1. The molecule has 0 radical (unpaired) electrons. The van der Waals surface area contributed by atoms with Crippen molar-refractivity contribution in [2.45, 2.75) is 78.1 Å². The van der Waals surface area contributed by atoms with Crippen molar-refractivity contribution in [1.29, 1.82) is 5.26 Å². The molecule has 3 aromatic heterocycles. The summed E-state index contributed by atoms with van der Waals surface area (Å²) < 4.78 is 18.4. The molecule has 1 aliphatic rings. The first-order valence-electron chi connectivity index (χ1n) is 27.2. The Hall–Kier alpha value is -7.94. The van der Waals surface area contributed by atoms with E-state index in [1.54, 1.807) is 28.7 Å². The third kappa shape index (κ3) is 11.4. The van der Waals surface area contributed by atoms with Gasteiger partial charge in [0.15, 0.2) is 11.5 Å². The van der Waals surface area contributed by atoms with Gasteiger partial charge < -0.3 is 24.0 Å². The smallest absolute Gasteiger partial charge is 0.299 e. The average molecular weight is 1080 g/mol. The lowest BCUT2D eigenvalue weighted by molar-refractivity contribution is -0.124. The summed E-state index contributed by atoms with van der Waals surface area (Å²) >= 11 is 5.15. The first-order valence-corrected chi connectivity index (χ1v) is 29.7. The predicted octanol–water partition coefficient (Wildman–Crippen LogP) is 20.2. The number of carbonyl (C=O) groups is 1. The van der Waals surface area contributed by atoms with Crippen molar-refractivity contribution in [3.63, 3.8) is 0 Å². The number of allylic oxidation sites excluding steroid dienone is 1. The number of anilines is 6. The van der Waals surface area contributed by atoms with Gasteiger partial charge in [0, 0.05) is 54.8 Å². The highest BCUT2D eigenvalue weighted by atomic mass is 32.1. The largest absolute Gasteiger partial charge is 0.485 e.